The molecule has 1 unspecified atom stereocenters. The Hall–Kier alpha value is -1.67. The number of nitro groups is 1. The third-order valence-corrected chi connectivity index (χ3v) is 3.24. The van der Waals surface area contributed by atoms with E-state index < -0.39 is 4.92 Å². The summed E-state index contributed by atoms with van der Waals surface area (Å²) in [6.45, 7) is 7.35. The van der Waals surface area contributed by atoms with Crippen molar-refractivity contribution < 1.29 is 14.4 Å². The normalized spacial score (nSPS) is 21.7. The average Bonchev–Trinajstić information content (AvgIpc) is 2.62. The number of morpholine rings is 1. The first kappa shape index (κ1) is 14.7. The van der Waals surface area contributed by atoms with Gasteiger partial charge in [0.05, 0.1) is 5.60 Å². The predicted octanol–water partition coefficient (Wildman–Crippen LogP) is 0.783. The Kier molecular flexibility index (Phi) is 3.96. The molecule has 0 saturated carbocycles. The van der Waals surface area contributed by atoms with Gasteiger partial charge in [-0.3, -0.25) is 4.57 Å². The highest BCUT2D eigenvalue weighted by molar-refractivity contribution is 5.36. The first-order valence-electron chi connectivity index (χ1n) is 6.49. The smallest absolute Gasteiger partial charge is 0.426 e. The predicted molar refractivity (Wildman–Crippen MR) is 71.9 cm³/mol. The van der Waals surface area contributed by atoms with E-state index in [0.717, 1.165) is 6.54 Å². The molecule has 1 N–H and O–H groups in total. The van der Waals surface area contributed by atoms with Gasteiger partial charge in [0.1, 0.15) is 12.7 Å². The Morgan fingerprint density at radius 3 is 2.95 bits per heavy atom. The van der Waals surface area contributed by atoms with E-state index in [2.05, 4.69) is 10.3 Å². The van der Waals surface area contributed by atoms with Crippen LogP contribution in [0.15, 0.2) is 0 Å². The van der Waals surface area contributed by atoms with Crippen LogP contribution < -0.4 is 10.1 Å². The first-order chi connectivity index (χ1) is 9.30. The van der Waals surface area contributed by atoms with Crippen LogP contribution in [0.2, 0.25) is 0 Å². The van der Waals surface area contributed by atoms with E-state index in [1.807, 2.05) is 13.8 Å². The molecule has 0 aromatic carbocycles. The molecule has 0 aliphatic carbocycles. The van der Waals surface area contributed by atoms with Crippen LogP contribution in [0.5, 0.6) is 5.88 Å². The van der Waals surface area contributed by atoms with Crippen molar-refractivity contribution in [1.82, 2.24) is 14.9 Å². The first-order valence-corrected chi connectivity index (χ1v) is 6.49. The van der Waals surface area contributed by atoms with Gasteiger partial charge >= 0.3 is 5.82 Å². The van der Waals surface area contributed by atoms with Gasteiger partial charge in [-0.1, -0.05) is 0 Å². The second kappa shape index (κ2) is 5.37. The number of aryl methyl sites for hydroxylation is 1. The highest BCUT2D eigenvalue weighted by Crippen LogP contribution is 2.27. The molecule has 1 saturated heterocycles. The Bertz CT molecular complexity index is 512. The summed E-state index contributed by atoms with van der Waals surface area (Å²) in [5, 5.41) is 14.2. The molecule has 0 bridgehead atoms. The fourth-order valence-corrected chi connectivity index (χ4v) is 2.19. The van der Waals surface area contributed by atoms with Crippen molar-refractivity contribution in [2.24, 2.45) is 7.05 Å². The van der Waals surface area contributed by atoms with Crippen LogP contribution in [0.1, 0.15) is 19.7 Å². The summed E-state index contributed by atoms with van der Waals surface area (Å²) in [5.74, 6) is 0.447. The minimum absolute atomic E-state index is 0.145. The van der Waals surface area contributed by atoms with Crippen molar-refractivity contribution in [1.29, 1.82) is 0 Å². The number of nitrogens with one attached hydrogen (secondary N) is 1. The molecule has 2 heterocycles. The molecular formula is C12H20N4O4. The van der Waals surface area contributed by atoms with E-state index in [0.29, 0.717) is 12.4 Å². The third kappa shape index (κ3) is 3.07. The Balaban J connectivity index is 2.06. The summed E-state index contributed by atoms with van der Waals surface area (Å²) in [5.41, 5.74) is -0.263. The van der Waals surface area contributed by atoms with Gasteiger partial charge in [-0.25, -0.2) is 0 Å². The van der Waals surface area contributed by atoms with E-state index in [9.17, 15) is 10.1 Å². The van der Waals surface area contributed by atoms with Gasteiger partial charge in [-0.2, -0.15) is 0 Å². The molecule has 2 rings (SSSR count). The van der Waals surface area contributed by atoms with Gasteiger partial charge in [-0.05, 0) is 23.8 Å². The highest BCUT2D eigenvalue weighted by Gasteiger charge is 2.31. The molecule has 1 aromatic rings. The summed E-state index contributed by atoms with van der Waals surface area (Å²) >= 11 is 0. The van der Waals surface area contributed by atoms with Gasteiger partial charge < -0.3 is 24.9 Å². The standard InChI is InChI=1S/C12H20N4O4/c1-8-14-10(16(17)18)11(15(8)4)19-6-9-5-13-7-12(2,3)20-9/h9,13H,5-7H2,1-4H3. The van der Waals surface area contributed by atoms with Crippen molar-refractivity contribution >= 4 is 5.82 Å². The quantitative estimate of drug-likeness (QED) is 0.649. The molecule has 8 heteroatoms. The lowest BCUT2D eigenvalue weighted by molar-refractivity contribution is -0.390. The molecule has 20 heavy (non-hydrogen) atoms. The molecule has 0 spiro atoms. The van der Waals surface area contributed by atoms with Crippen LogP contribution in [0.25, 0.3) is 0 Å². The van der Waals surface area contributed by atoms with E-state index in [1.54, 1.807) is 18.5 Å². The number of rotatable bonds is 4. The lowest BCUT2D eigenvalue weighted by Crippen LogP contribution is -2.52. The van der Waals surface area contributed by atoms with E-state index in [4.69, 9.17) is 9.47 Å². The molecule has 112 valence electrons. The number of aromatic nitrogens is 2. The van der Waals surface area contributed by atoms with Gasteiger partial charge in [0, 0.05) is 27.1 Å². The van der Waals surface area contributed by atoms with Crippen molar-refractivity contribution in [3.8, 4) is 5.88 Å². The van der Waals surface area contributed by atoms with E-state index >= 15 is 0 Å². The van der Waals surface area contributed by atoms with Gasteiger partial charge in [0.25, 0.3) is 5.88 Å². The van der Waals surface area contributed by atoms with Crippen LogP contribution in [-0.4, -0.2) is 45.9 Å². The third-order valence-electron chi connectivity index (χ3n) is 3.24. The van der Waals surface area contributed by atoms with Crippen molar-refractivity contribution in [2.45, 2.75) is 32.5 Å². The highest BCUT2D eigenvalue weighted by atomic mass is 16.6. The Morgan fingerprint density at radius 1 is 1.65 bits per heavy atom. The lowest BCUT2D eigenvalue weighted by atomic mass is 10.1. The van der Waals surface area contributed by atoms with Crippen molar-refractivity contribution in [2.75, 3.05) is 19.7 Å². The Morgan fingerprint density at radius 2 is 2.35 bits per heavy atom. The fraction of sp³-hybridized carbons (Fsp3) is 0.750. The molecular weight excluding hydrogens is 264 g/mol. The zero-order valence-electron chi connectivity index (χ0n) is 12.2. The maximum atomic E-state index is 10.9. The number of ether oxygens (including phenoxy) is 2. The second-order valence-electron chi connectivity index (χ2n) is 5.55. The minimum atomic E-state index is -0.535. The number of imidazole rings is 1. The maximum absolute atomic E-state index is 10.9. The average molecular weight is 284 g/mol. The zero-order valence-corrected chi connectivity index (χ0v) is 12.2. The minimum Gasteiger partial charge on any atom is -0.470 e. The van der Waals surface area contributed by atoms with Crippen molar-refractivity contribution in [3.05, 3.63) is 15.9 Å². The molecule has 1 aliphatic heterocycles. The molecule has 0 radical (unpaired) electrons. The van der Waals surface area contributed by atoms with Gasteiger partial charge in [-0.15, -0.1) is 0 Å². The summed E-state index contributed by atoms with van der Waals surface area (Å²) in [4.78, 5) is 14.3. The number of nitrogens with zero attached hydrogens (tertiary/aromatic N) is 3. The summed E-state index contributed by atoms with van der Waals surface area (Å²) in [6, 6.07) is 0. The molecule has 8 nitrogen and oxygen atoms in total. The van der Waals surface area contributed by atoms with Gasteiger partial charge in [0.15, 0.2) is 0 Å². The summed E-state index contributed by atoms with van der Waals surface area (Å²) in [6.07, 6.45) is -0.145. The molecule has 1 aliphatic rings. The topological polar surface area (TPSA) is 91.5 Å². The molecule has 1 atom stereocenters. The fourth-order valence-electron chi connectivity index (χ4n) is 2.19. The Labute approximate surface area is 117 Å². The van der Waals surface area contributed by atoms with E-state index in [1.165, 1.54) is 0 Å². The van der Waals surface area contributed by atoms with Crippen LogP contribution in [-0.2, 0) is 11.8 Å². The largest absolute Gasteiger partial charge is 0.470 e. The summed E-state index contributed by atoms with van der Waals surface area (Å²) in [7, 11) is 1.69. The lowest BCUT2D eigenvalue weighted by Gasteiger charge is -2.36. The zero-order chi connectivity index (χ0) is 14.9. The maximum Gasteiger partial charge on any atom is 0.426 e. The molecule has 1 aromatic heterocycles. The van der Waals surface area contributed by atoms with Crippen LogP contribution in [0.4, 0.5) is 5.82 Å². The van der Waals surface area contributed by atoms with E-state index in [-0.39, 0.29) is 30.0 Å². The second-order valence-corrected chi connectivity index (χ2v) is 5.55. The molecule has 1 fully saturated rings. The van der Waals surface area contributed by atoms with Crippen LogP contribution in [0, 0.1) is 17.0 Å². The van der Waals surface area contributed by atoms with Crippen molar-refractivity contribution in [3.63, 3.8) is 0 Å². The summed E-state index contributed by atoms with van der Waals surface area (Å²) < 4.78 is 13.0. The monoisotopic (exact) mass is 284 g/mol. The van der Waals surface area contributed by atoms with Crippen LogP contribution >= 0.6 is 0 Å². The number of hydrogen-bond acceptors (Lipinski definition) is 6. The van der Waals surface area contributed by atoms with Crippen LogP contribution in [0.3, 0.4) is 0 Å². The number of hydrogen-bond donors (Lipinski definition) is 1. The molecule has 0 amide bonds. The SMILES string of the molecule is Cc1nc([N+](=O)[O-])c(OCC2CNCC(C)(C)O2)n1C. The van der Waals surface area contributed by atoms with Gasteiger partial charge in [0.2, 0.25) is 5.82 Å².